The molecule has 0 aliphatic carbocycles. The third kappa shape index (κ3) is 2.77. The van der Waals surface area contributed by atoms with Crippen molar-refractivity contribution < 1.29 is 4.42 Å². The summed E-state index contributed by atoms with van der Waals surface area (Å²) in [7, 11) is 0. The molecule has 2 rings (SSSR count). The summed E-state index contributed by atoms with van der Waals surface area (Å²) in [5.41, 5.74) is 0. The molecule has 1 N–H and O–H groups in total. The maximum atomic E-state index is 5.78. The Balaban J connectivity index is 2.12. The number of imidazole rings is 1. The molecule has 2 aromatic rings. The number of nitrogens with zero attached hydrogens (tertiary/aromatic N) is 2. The number of hydrogen-bond acceptors (Lipinski definition) is 3. The Bertz CT molecular complexity index is 470. The molecule has 92 valence electrons. The lowest BCUT2D eigenvalue weighted by molar-refractivity contribution is 0.469. The topological polar surface area (TPSA) is 43.0 Å². The summed E-state index contributed by atoms with van der Waals surface area (Å²) in [6.45, 7) is 7.98. The van der Waals surface area contributed by atoms with E-state index >= 15 is 0 Å². The molecule has 4 heteroatoms. The first-order valence-electron chi connectivity index (χ1n) is 6.04. The molecule has 0 saturated heterocycles. The number of aryl methyl sites for hydroxylation is 1. The van der Waals surface area contributed by atoms with E-state index in [1.807, 2.05) is 18.3 Å². The molecule has 0 saturated carbocycles. The molecule has 0 amide bonds. The molecule has 0 aromatic carbocycles. The van der Waals surface area contributed by atoms with Gasteiger partial charge in [-0.05, 0) is 19.1 Å². The lowest BCUT2D eigenvalue weighted by Crippen LogP contribution is -2.21. The van der Waals surface area contributed by atoms with Crippen LogP contribution < -0.4 is 5.32 Å². The van der Waals surface area contributed by atoms with Crippen LogP contribution in [0.3, 0.4) is 0 Å². The normalized spacial score (nSPS) is 11.3. The van der Waals surface area contributed by atoms with Gasteiger partial charge in [-0.15, -0.1) is 0 Å². The van der Waals surface area contributed by atoms with Crippen molar-refractivity contribution in [3.8, 4) is 11.6 Å². The summed E-state index contributed by atoms with van der Waals surface area (Å²) in [4.78, 5) is 4.31. The van der Waals surface area contributed by atoms with Gasteiger partial charge in [0.1, 0.15) is 5.76 Å². The molecule has 2 aromatic heterocycles. The molecule has 17 heavy (non-hydrogen) atoms. The molecule has 0 unspecified atom stereocenters. The first kappa shape index (κ1) is 11.9. The van der Waals surface area contributed by atoms with E-state index in [4.69, 9.17) is 4.42 Å². The van der Waals surface area contributed by atoms with Gasteiger partial charge in [0.2, 0.25) is 0 Å². The second-order valence-electron chi connectivity index (χ2n) is 4.34. The molecule has 0 atom stereocenters. The standard InChI is InChI=1S/C13H19N3O/c1-4-16-8-7-14-13(16)12-6-5-11(17-12)9-15-10(2)3/h5-8,10,15H,4,9H2,1-3H3. The van der Waals surface area contributed by atoms with E-state index in [2.05, 4.69) is 35.6 Å². The fourth-order valence-corrected chi connectivity index (χ4v) is 1.69. The van der Waals surface area contributed by atoms with E-state index in [1.165, 1.54) is 0 Å². The average molecular weight is 233 g/mol. The fraction of sp³-hybridized carbons (Fsp3) is 0.462. The van der Waals surface area contributed by atoms with Crippen LogP contribution >= 0.6 is 0 Å². The average Bonchev–Trinajstić information content (AvgIpc) is 2.94. The van der Waals surface area contributed by atoms with E-state index < -0.39 is 0 Å². The quantitative estimate of drug-likeness (QED) is 0.863. The van der Waals surface area contributed by atoms with E-state index in [1.54, 1.807) is 6.20 Å². The van der Waals surface area contributed by atoms with Crippen LogP contribution in [0.15, 0.2) is 28.9 Å². The summed E-state index contributed by atoms with van der Waals surface area (Å²) in [6, 6.07) is 4.44. The van der Waals surface area contributed by atoms with Gasteiger partial charge >= 0.3 is 0 Å². The van der Waals surface area contributed by atoms with Gasteiger partial charge in [-0.1, -0.05) is 13.8 Å². The zero-order valence-electron chi connectivity index (χ0n) is 10.6. The van der Waals surface area contributed by atoms with E-state index in [9.17, 15) is 0 Å². The number of furan rings is 1. The SMILES string of the molecule is CCn1ccnc1-c1ccc(CNC(C)C)o1. The molecule has 4 nitrogen and oxygen atoms in total. The van der Waals surface area contributed by atoms with E-state index in [-0.39, 0.29) is 0 Å². The van der Waals surface area contributed by atoms with E-state index in [0.29, 0.717) is 6.04 Å². The van der Waals surface area contributed by atoms with Crippen LogP contribution in [0, 0.1) is 0 Å². The van der Waals surface area contributed by atoms with Gasteiger partial charge in [0.25, 0.3) is 0 Å². The highest BCUT2D eigenvalue weighted by atomic mass is 16.3. The van der Waals surface area contributed by atoms with Crippen molar-refractivity contribution in [2.24, 2.45) is 0 Å². The Labute approximate surface area is 102 Å². The van der Waals surface area contributed by atoms with Gasteiger partial charge in [-0.3, -0.25) is 0 Å². The van der Waals surface area contributed by atoms with Crippen LogP contribution in [-0.2, 0) is 13.1 Å². The Morgan fingerprint density at radius 3 is 2.94 bits per heavy atom. The van der Waals surface area contributed by atoms with Crippen molar-refractivity contribution in [2.75, 3.05) is 0 Å². The first-order chi connectivity index (χ1) is 8.20. The maximum absolute atomic E-state index is 5.78. The first-order valence-corrected chi connectivity index (χ1v) is 6.04. The highest BCUT2D eigenvalue weighted by Gasteiger charge is 2.09. The number of aromatic nitrogens is 2. The Hall–Kier alpha value is -1.55. The number of hydrogen-bond donors (Lipinski definition) is 1. The second-order valence-corrected chi connectivity index (χ2v) is 4.34. The molecule has 0 fully saturated rings. The highest BCUT2D eigenvalue weighted by molar-refractivity contribution is 5.47. The van der Waals surface area contributed by atoms with Crippen molar-refractivity contribution in [1.82, 2.24) is 14.9 Å². The van der Waals surface area contributed by atoms with Gasteiger partial charge in [0, 0.05) is 25.0 Å². The number of nitrogens with one attached hydrogen (secondary N) is 1. The summed E-state index contributed by atoms with van der Waals surface area (Å²) in [5.74, 6) is 2.67. The minimum Gasteiger partial charge on any atom is -0.456 e. The minimum absolute atomic E-state index is 0.459. The van der Waals surface area contributed by atoms with Crippen LogP contribution in [0.5, 0.6) is 0 Å². The Morgan fingerprint density at radius 2 is 2.24 bits per heavy atom. The predicted molar refractivity (Wildman–Crippen MR) is 67.6 cm³/mol. The highest BCUT2D eigenvalue weighted by Crippen LogP contribution is 2.20. The van der Waals surface area contributed by atoms with Crippen molar-refractivity contribution in [3.63, 3.8) is 0 Å². The summed E-state index contributed by atoms with van der Waals surface area (Å²) in [6.07, 6.45) is 3.76. The van der Waals surface area contributed by atoms with Gasteiger partial charge in [0.15, 0.2) is 11.6 Å². The van der Waals surface area contributed by atoms with Crippen molar-refractivity contribution in [1.29, 1.82) is 0 Å². The molecule has 0 bridgehead atoms. The maximum Gasteiger partial charge on any atom is 0.176 e. The molecule has 0 radical (unpaired) electrons. The zero-order chi connectivity index (χ0) is 12.3. The lowest BCUT2D eigenvalue weighted by atomic mass is 10.3. The minimum atomic E-state index is 0.459. The molecule has 2 heterocycles. The Morgan fingerprint density at radius 1 is 1.41 bits per heavy atom. The van der Waals surface area contributed by atoms with Gasteiger partial charge in [-0.2, -0.15) is 0 Å². The second kappa shape index (κ2) is 5.19. The third-order valence-electron chi connectivity index (χ3n) is 2.62. The van der Waals surface area contributed by atoms with E-state index in [0.717, 1.165) is 30.4 Å². The Kier molecular flexibility index (Phi) is 3.64. The van der Waals surface area contributed by atoms with Crippen LogP contribution in [0.25, 0.3) is 11.6 Å². The molecule has 0 spiro atoms. The largest absolute Gasteiger partial charge is 0.456 e. The third-order valence-corrected chi connectivity index (χ3v) is 2.62. The van der Waals surface area contributed by atoms with Crippen LogP contribution in [0.2, 0.25) is 0 Å². The summed E-state index contributed by atoms with van der Waals surface area (Å²) in [5, 5.41) is 3.33. The van der Waals surface area contributed by atoms with Crippen molar-refractivity contribution in [2.45, 2.75) is 39.9 Å². The van der Waals surface area contributed by atoms with Gasteiger partial charge in [-0.25, -0.2) is 4.98 Å². The van der Waals surface area contributed by atoms with Gasteiger partial charge < -0.3 is 14.3 Å². The molecule has 0 aliphatic rings. The zero-order valence-corrected chi connectivity index (χ0v) is 10.6. The summed E-state index contributed by atoms with van der Waals surface area (Å²) < 4.78 is 7.84. The monoisotopic (exact) mass is 233 g/mol. The summed E-state index contributed by atoms with van der Waals surface area (Å²) >= 11 is 0. The van der Waals surface area contributed by atoms with Crippen LogP contribution in [-0.4, -0.2) is 15.6 Å². The number of rotatable bonds is 5. The molecule has 0 aliphatic heterocycles. The van der Waals surface area contributed by atoms with Gasteiger partial charge in [0.05, 0.1) is 6.54 Å². The van der Waals surface area contributed by atoms with Crippen molar-refractivity contribution in [3.05, 3.63) is 30.3 Å². The predicted octanol–water partition coefficient (Wildman–Crippen LogP) is 2.66. The van der Waals surface area contributed by atoms with Crippen LogP contribution in [0.1, 0.15) is 26.5 Å². The molecular weight excluding hydrogens is 214 g/mol. The van der Waals surface area contributed by atoms with Crippen LogP contribution in [0.4, 0.5) is 0 Å². The van der Waals surface area contributed by atoms with Crippen molar-refractivity contribution >= 4 is 0 Å². The smallest absolute Gasteiger partial charge is 0.176 e. The molecular formula is C13H19N3O. The fourth-order valence-electron chi connectivity index (χ4n) is 1.69. The lowest BCUT2D eigenvalue weighted by Gasteiger charge is -2.05.